The number of hydrogen-bond donors (Lipinski definition) is 0. The molecular formula is C15H15NO5. The van der Waals surface area contributed by atoms with Crippen LogP contribution in [-0.2, 0) is 24.5 Å². The summed E-state index contributed by atoms with van der Waals surface area (Å²) in [5.74, 6) is -0.954. The number of hydrogen-bond acceptors (Lipinski definition) is 5. The van der Waals surface area contributed by atoms with Crippen molar-refractivity contribution >= 4 is 18.0 Å². The van der Waals surface area contributed by atoms with Gasteiger partial charge in [-0.2, -0.15) is 0 Å². The Bertz CT molecular complexity index is 579. The lowest BCUT2D eigenvalue weighted by atomic mass is 9.96. The highest BCUT2D eigenvalue weighted by Crippen LogP contribution is 2.49. The molecule has 2 amide bonds. The number of carbonyl (C=O) groups is 3. The van der Waals surface area contributed by atoms with Gasteiger partial charge >= 0.3 is 12.1 Å². The van der Waals surface area contributed by atoms with Crippen molar-refractivity contribution in [2.45, 2.75) is 18.3 Å². The normalized spacial score (nSPS) is 19.0. The van der Waals surface area contributed by atoms with E-state index in [1.54, 1.807) is 0 Å². The maximum atomic E-state index is 12.2. The van der Waals surface area contributed by atoms with Gasteiger partial charge < -0.3 is 9.47 Å². The van der Waals surface area contributed by atoms with E-state index in [4.69, 9.17) is 4.74 Å². The molecule has 2 aliphatic rings. The molecule has 0 spiro atoms. The van der Waals surface area contributed by atoms with Crippen molar-refractivity contribution in [3.63, 3.8) is 0 Å². The molecular weight excluding hydrogens is 274 g/mol. The van der Waals surface area contributed by atoms with Crippen molar-refractivity contribution in [1.82, 2.24) is 4.90 Å². The third kappa shape index (κ3) is 2.49. The summed E-state index contributed by atoms with van der Waals surface area (Å²) >= 11 is 0. The quantitative estimate of drug-likeness (QED) is 0.780. The Hall–Kier alpha value is -2.37. The minimum absolute atomic E-state index is 0.187. The van der Waals surface area contributed by atoms with E-state index >= 15 is 0 Å². The van der Waals surface area contributed by atoms with Gasteiger partial charge in [-0.25, -0.2) is 9.69 Å². The molecule has 1 saturated carbocycles. The van der Waals surface area contributed by atoms with Gasteiger partial charge in [-0.3, -0.25) is 9.59 Å². The summed E-state index contributed by atoms with van der Waals surface area (Å²) in [6.07, 6.45) is 0.756. The third-order valence-electron chi connectivity index (χ3n) is 3.86. The van der Waals surface area contributed by atoms with E-state index in [1.807, 2.05) is 30.3 Å². The first-order valence-corrected chi connectivity index (χ1v) is 6.83. The van der Waals surface area contributed by atoms with Crippen LogP contribution in [0.2, 0.25) is 0 Å². The fourth-order valence-corrected chi connectivity index (χ4v) is 2.46. The lowest BCUT2D eigenvalue weighted by Crippen LogP contribution is -2.36. The molecule has 6 heteroatoms. The van der Waals surface area contributed by atoms with Gasteiger partial charge in [0.2, 0.25) is 0 Å². The van der Waals surface area contributed by atoms with Crippen molar-refractivity contribution in [2.24, 2.45) is 0 Å². The summed E-state index contributed by atoms with van der Waals surface area (Å²) in [6, 6.07) is 9.39. The lowest BCUT2D eigenvalue weighted by Gasteiger charge is -2.16. The van der Waals surface area contributed by atoms with Gasteiger partial charge in [0.15, 0.2) is 6.61 Å². The van der Waals surface area contributed by atoms with Gasteiger partial charge in [-0.05, 0) is 18.4 Å². The number of benzene rings is 1. The molecule has 0 bridgehead atoms. The minimum atomic E-state index is -0.680. The van der Waals surface area contributed by atoms with Crippen LogP contribution in [0.15, 0.2) is 30.3 Å². The van der Waals surface area contributed by atoms with Crippen LogP contribution < -0.4 is 0 Å². The number of imide groups is 1. The number of amides is 2. The largest absolute Gasteiger partial charge is 0.455 e. The molecule has 0 radical (unpaired) electrons. The molecule has 110 valence electrons. The van der Waals surface area contributed by atoms with Crippen LogP contribution >= 0.6 is 0 Å². The summed E-state index contributed by atoms with van der Waals surface area (Å²) in [6.45, 7) is -0.0337. The molecule has 1 heterocycles. The van der Waals surface area contributed by atoms with Crippen molar-refractivity contribution in [1.29, 1.82) is 0 Å². The van der Waals surface area contributed by atoms with Crippen LogP contribution in [0.4, 0.5) is 4.79 Å². The molecule has 1 aromatic rings. The average molecular weight is 289 g/mol. The van der Waals surface area contributed by atoms with Gasteiger partial charge in [0.25, 0.3) is 5.91 Å². The lowest BCUT2D eigenvalue weighted by molar-refractivity contribution is -0.153. The Balaban J connectivity index is 1.60. The maximum Gasteiger partial charge on any atom is 0.416 e. The molecule has 6 nitrogen and oxygen atoms in total. The van der Waals surface area contributed by atoms with Gasteiger partial charge in [0.05, 0.1) is 12.0 Å². The predicted octanol–water partition coefficient (Wildman–Crippen LogP) is 1.24. The number of nitrogens with zero attached hydrogens (tertiary/aromatic N) is 1. The Kier molecular flexibility index (Phi) is 3.37. The predicted molar refractivity (Wildman–Crippen MR) is 71.4 cm³/mol. The monoisotopic (exact) mass is 289 g/mol. The number of cyclic esters (lactones) is 1. The number of ether oxygens (including phenoxy) is 2. The highest BCUT2D eigenvalue weighted by molar-refractivity contribution is 5.95. The molecule has 2 fully saturated rings. The maximum absolute atomic E-state index is 12.2. The summed E-state index contributed by atoms with van der Waals surface area (Å²) < 4.78 is 9.78. The van der Waals surface area contributed by atoms with Crippen LogP contribution in [0.5, 0.6) is 0 Å². The SMILES string of the molecule is O=C(COC(=O)C1(c2ccccc2)CC1)N1CCOC1=O. The van der Waals surface area contributed by atoms with E-state index in [-0.39, 0.29) is 13.2 Å². The van der Waals surface area contributed by atoms with Crippen LogP contribution in [0.3, 0.4) is 0 Å². The van der Waals surface area contributed by atoms with Crippen molar-refractivity contribution < 1.29 is 23.9 Å². The summed E-state index contributed by atoms with van der Waals surface area (Å²) in [5, 5.41) is 0. The second-order valence-electron chi connectivity index (χ2n) is 5.18. The fourth-order valence-electron chi connectivity index (χ4n) is 2.46. The number of carbonyl (C=O) groups excluding carboxylic acids is 3. The van der Waals surface area contributed by atoms with Crippen LogP contribution in [0.25, 0.3) is 0 Å². The third-order valence-corrected chi connectivity index (χ3v) is 3.86. The van der Waals surface area contributed by atoms with Gasteiger partial charge in [-0.1, -0.05) is 30.3 Å². The first-order valence-electron chi connectivity index (χ1n) is 6.83. The molecule has 1 saturated heterocycles. The smallest absolute Gasteiger partial charge is 0.416 e. The fraction of sp³-hybridized carbons (Fsp3) is 0.400. The number of esters is 1. The summed E-state index contributed by atoms with van der Waals surface area (Å²) in [4.78, 5) is 36.2. The van der Waals surface area contributed by atoms with E-state index in [0.717, 1.165) is 23.3 Å². The van der Waals surface area contributed by atoms with Crippen LogP contribution in [-0.4, -0.2) is 42.6 Å². The molecule has 21 heavy (non-hydrogen) atoms. The van der Waals surface area contributed by atoms with Crippen molar-refractivity contribution in [3.8, 4) is 0 Å². The Labute approximate surface area is 121 Å². The molecule has 0 unspecified atom stereocenters. The molecule has 0 atom stereocenters. The standard InChI is InChI=1S/C15H15NO5/c17-12(16-8-9-20-14(16)19)10-21-13(18)15(6-7-15)11-4-2-1-3-5-11/h1-5H,6-10H2. The number of rotatable bonds is 4. The van der Waals surface area contributed by atoms with Gasteiger partial charge in [0, 0.05) is 0 Å². The second-order valence-corrected chi connectivity index (χ2v) is 5.18. The molecule has 1 aliphatic heterocycles. The Morgan fingerprint density at radius 3 is 2.52 bits per heavy atom. The second kappa shape index (κ2) is 5.20. The first-order chi connectivity index (χ1) is 10.1. The van der Waals surface area contributed by atoms with Crippen LogP contribution in [0.1, 0.15) is 18.4 Å². The van der Waals surface area contributed by atoms with Crippen LogP contribution in [0, 0.1) is 0 Å². The minimum Gasteiger partial charge on any atom is -0.455 e. The highest BCUT2D eigenvalue weighted by atomic mass is 16.6. The van der Waals surface area contributed by atoms with Gasteiger partial charge in [0.1, 0.15) is 6.61 Å². The zero-order chi connectivity index (χ0) is 14.9. The molecule has 0 aromatic heterocycles. The highest BCUT2D eigenvalue weighted by Gasteiger charge is 2.52. The topological polar surface area (TPSA) is 72.9 Å². The van der Waals surface area contributed by atoms with Crippen molar-refractivity contribution in [3.05, 3.63) is 35.9 Å². The summed E-state index contributed by atoms with van der Waals surface area (Å²) in [5.41, 5.74) is 0.288. The van der Waals surface area contributed by atoms with E-state index in [1.165, 1.54) is 0 Å². The first kappa shape index (κ1) is 13.6. The Morgan fingerprint density at radius 1 is 1.24 bits per heavy atom. The Morgan fingerprint density at radius 2 is 1.95 bits per heavy atom. The van der Waals surface area contributed by atoms with Gasteiger partial charge in [-0.15, -0.1) is 0 Å². The van der Waals surface area contributed by atoms with E-state index in [9.17, 15) is 14.4 Å². The molecule has 1 aromatic carbocycles. The zero-order valence-corrected chi connectivity index (χ0v) is 11.4. The zero-order valence-electron chi connectivity index (χ0n) is 11.4. The average Bonchev–Trinajstić information content (AvgIpc) is 3.22. The molecule has 0 N–H and O–H groups in total. The molecule has 1 aliphatic carbocycles. The van der Waals surface area contributed by atoms with Crippen molar-refractivity contribution in [2.75, 3.05) is 19.8 Å². The molecule has 3 rings (SSSR count). The summed E-state index contributed by atoms with van der Waals surface area (Å²) in [7, 11) is 0. The van der Waals surface area contributed by atoms with E-state index in [2.05, 4.69) is 4.74 Å². The van der Waals surface area contributed by atoms with E-state index < -0.39 is 30.0 Å². The van der Waals surface area contributed by atoms with E-state index in [0.29, 0.717) is 0 Å².